The number of methoxy groups -OCH3 is 1. The number of carboxylic acid groups (broad SMARTS) is 1. The summed E-state index contributed by atoms with van der Waals surface area (Å²) in [4.78, 5) is 27.7. The van der Waals surface area contributed by atoms with E-state index in [2.05, 4.69) is 6.92 Å². The molecule has 1 atom stereocenters. The molecular weight excluding hydrogens is 302 g/mol. The predicted molar refractivity (Wildman–Crippen MR) is 85.5 cm³/mol. The van der Waals surface area contributed by atoms with E-state index < -0.39 is 11.4 Å². The Morgan fingerprint density at radius 2 is 2.23 bits per heavy atom. The molecule has 1 aliphatic heterocycles. The number of aryl methyl sites for hydroxylation is 2. The van der Waals surface area contributed by atoms with Gasteiger partial charge in [-0.3, -0.25) is 9.59 Å². The highest BCUT2D eigenvalue weighted by atomic mass is 32.1. The normalized spacial score (nSPS) is 21.3. The average molecular weight is 325 g/mol. The fraction of sp³-hybridized carbons (Fsp3) is 0.625. The number of thiophene rings is 1. The Labute approximate surface area is 134 Å². The lowest BCUT2D eigenvalue weighted by Gasteiger charge is -2.23. The zero-order valence-corrected chi connectivity index (χ0v) is 14.2. The van der Waals surface area contributed by atoms with Crippen LogP contribution in [0.3, 0.4) is 0 Å². The quantitative estimate of drug-likeness (QED) is 0.873. The van der Waals surface area contributed by atoms with E-state index >= 15 is 0 Å². The average Bonchev–Trinajstić information content (AvgIpc) is 3.05. The van der Waals surface area contributed by atoms with Gasteiger partial charge >= 0.3 is 5.97 Å². The molecule has 122 valence electrons. The number of amides is 1. The second-order valence-corrected chi connectivity index (χ2v) is 7.19. The van der Waals surface area contributed by atoms with Crippen molar-refractivity contribution in [1.82, 2.24) is 4.90 Å². The van der Waals surface area contributed by atoms with E-state index in [1.165, 1.54) is 28.9 Å². The molecule has 5 nitrogen and oxygen atoms in total. The smallest absolute Gasteiger partial charge is 0.313 e. The minimum Gasteiger partial charge on any atom is -0.481 e. The van der Waals surface area contributed by atoms with Gasteiger partial charge in [0.2, 0.25) is 0 Å². The lowest BCUT2D eigenvalue weighted by atomic mass is 9.88. The van der Waals surface area contributed by atoms with Gasteiger partial charge in [-0.15, -0.1) is 11.3 Å². The lowest BCUT2D eigenvalue weighted by Crippen LogP contribution is -2.40. The van der Waals surface area contributed by atoms with Gasteiger partial charge in [-0.05, 0) is 31.4 Å². The number of hydrogen-bond donors (Lipinski definition) is 1. The summed E-state index contributed by atoms with van der Waals surface area (Å²) in [6, 6.07) is 1.96. The monoisotopic (exact) mass is 325 g/mol. The van der Waals surface area contributed by atoms with E-state index in [-0.39, 0.29) is 19.1 Å². The Morgan fingerprint density at radius 1 is 1.50 bits per heavy atom. The van der Waals surface area contributed by atoms with Crippen molar-refractivity contribution >= 4 is 23.2 Å². The van der Waals surface area contributed by atoms with Crippen LogP contribution in [0.2, 0.25) is 0 Å². The zero-order valence-electron chi connectivity index (χ0n) is 13.3. The molecule has 2 heterocycles. The van der Waals surface area contributed by atoms with Gasteiger partial charge in [0.1, 0.15) is 5.41 Å². The fourth-order valence-corrected chi connectivity index (χ4v) is 4.01. The van der Waals surface area contributed by atoms with Gasteiger partial charge < -0.3 is 14.7 Å². The van der Waals surface area contributed by atoms with Gasteiger partial charge in [0.15, 0.2) is 0 Å². The summed E-state index contributed by atoms with van der Waals surface area (Å²) < 4.78 is 5.06. The molecule has 0 saturated carbocycles. The molecule has 1 unspecified atom stereocenters. The summed E-state index contributed by atoms with van der Waals surface area (Å²) in [5.74, 6) is -0.951. The largest absolute Gasteiger partial charge is 0.481 e. The standard InChI is InChI=1S/C16H23NO4S/c1-4-5-12-8-13(22-11(12)2)14(18)17-7-6-16(9-17,10-21-3)15(19)20/h8H,4-7,9-10H2,1-3H3,(H,19,20). The first-order chi connectivity index (χ1) is 10.4. The predicted octanol–water partition coefficient (Wildman–Crippen LogP) is 2.57. The third kappa shape index (κ3) is 3.17. The second kappa shape index (κ2) is 6.79. The van der Waals surface area contributed by atoms with Crippen LogP contribution in [-0.2, 0) is 16.0 Å². The van der Waals surface area contributed by atoms with Crippen LogP contribution >= 0.6 is 11.3 Å². The number of ether oxygens (including phenoxy) is 1. The van der Waals surface area contributed by atoms with Gasteiger partial charge in [-0.25, -0.2) is 0 Å². The second-order valence-electron chi connectivity index (χ2n) is 5.94. The summed E-state index contributed by atoms with van der Waals surface area (Å²) in [5, 5.41) is 9.47. The molecule has 1 saturated heterocycles. The van der Waals surface area contributed by atoms with E-state index in [4.69, 9.17) is 4.74 Å². The van der Waals surface area contributed by atoms with Gasteiger partial charge in [0, 0.05) is 25.1 Å². The number of rotatable bonds is 6. The number of nitrogens with zero attached hydrogens (tertiary/aromatic N) is 1. The van der Waals surface area contributed by atoms with E-state index in [1.54, 1.807) is 4.90 Å². The molecule has 0 aliphatic carbocycles. The summed E-state index contributed by atoms with van der Waals surface area (Å²) in [6.07, 6.45) is 2.46. The van der Waals surface area contributed by atoms with E-state index in [0.717, 1.165) is 12.8 Å². The summed E-state index contributed by atoms with van der Waals surface area (Å²) >= 11 is 1.50. The number of carbonyl (C=O) groups excluding carboxylic acids is 1. The molecule has 1 aromatic rings. The van der Waals surface area contributed by atoms with Crippen molar-refractivity contribution in [2.75, 3.05) is 26.8 Å². The summed E-state index contributed by atoms with van der Waals surface area (Å²) in [6.45, 7) is 4.97. The molecule has 0 aromatic carbocycles. The first-order valence-electron chi connectivity index (χ1n) is 7.54. The van der Waals surface area contributed by atoms with Crippen LogP contribution in [0.15, 0.2) is 6.07 Å². The van der Waals surface area contributed by atoms with Crippen LogP contribution in [0, 0.1) is 12.3 Å². The Hall–Kier alpha value is -1.40. The van der Waals surface area contributed by atoms with Gasteiger partial charge in [-0.2, -0.15) is 0 Å². The number of aliphatic carboxylic acids is 1. The van der Waals surface area contributed by atoms with Crippen molar-refractivity contribution in [3.63, 3.8) is 0 Å². The van der Waals surface area contributed by atoms with E-state index in [1.807, 2.05) is 13.0 Å². The van der Waals surface area contributed by atoms with E-state index in [9.17, 15) is 14.7 Å². The minimum atomic E-state index is -0.969. The Morgan fingerprint density at radius 3 is 2.82 bits per heavy atom. The third-order valence-electron chi connectivity index (χ3n) is 4.27. The molecular formula is C16H23NO4S. The van der Waals surface area contributed by atoms with E-state index in [0.29, 0.717) is 17.8 Å². The molecule has 22 heavy (non-hydrogen) atoms. The molecule has 1 N–H and O–H groups in total. The van der Waals surface area contributed by atoms with Crippen molar-refractivity contribution in [3.05, 3.63) is 21.4 Å². The number of carboxylic acids is 1. The molecule has 6 heteroatoms. The zero-order chi connectivity index (χ0) is 16.3. The van der Waals surface area contributed by atoms with Gasteiger partial charge in [0.05, 0.1) is 11.5 Å². The van der Waals surface area contributed by atoms with Crippen LogP contribution in [0.25, 0.3) is 0 Å². The van der Waals surface area contributed by atoms with Crippen LogP contribution in [0.1, 0.15) is 39.9 Å². The molecule has 1 amide bonds. The lowest BCUT2D eigenvalue weighted by molar-refractivity contribution is -0.151. The SMILES string of the molecule is CCCc1cc(C(=O)N2CCC(COC)(C(=O)O)C2)sc1C. The maximum Gasteiger partial charge on any atom is 0.313 e. The number of likely N-dealkylation sites (tertiary alicyclic amines) is 1. The Balaban J connectivity index is 2.14. The van der Waals surface area contributed by atoms with Crippen molar-refractivity contribution in [3.8, 4) is 0 Å². The molecule has 1 aromatic heterocycles. The first kappa shape index (κ1) is 17.0. The molecule has 0 bridgehead atoms. The Bertz CT molecular complexity index is 568. The summed E-state index contributed by atoms with van der Waals surface area (Å²) in [7, 11) is 1.49. The van der Waals surface area contributed by atoms with Crippen LogP contribution in [0.4, 0.5) is 0 Å². The first-order valence-corrected chi connectivity index (χ1v) is 8.36. The van der Waals surface area contributed by atoms with Crippen LogP contribution in [0.5, 0.6) is 0 Å². The van der Waals surface area contributed by atoms with Crippen molar-refractivity contribution in [2.45, 2.75) is 33.1 Å². The minimum absolute atomic E-state index is 0.0605. The maximum atomic E-state index is 12.6. The van der Waals surface area contributed by atoms with Gasteiger partial charge in [-0.1, -0.05) is 13.3 Å². The highest BCUT2D eigenvalue weighted by Gasteiger charge is 2.46. The van der Waals surface area contributed by atoms with Crippen LogP contribution < -0.4 is 0 Å². The van der Waals surface area contributed by atoms with Gasteiger partial charge in [0.25, 0.3) is 5.91 Å². The fourth-order valence-electron chi connectivity index (χ4n) is 2.97. The number of hydrogen-bond acceptors (Lipinski definition) is 4. The molecule has 2 rings (SSSR count). The molecule has 0 spiro atoms. The highest BCUT2D eigenvalue weighted by molar-refractivity contribution is 7.14. The Kier molecular flexibility index (Phi) is 5.24. The molecule has 0 radical (unpaired) electrons. The highest BCUT2D eigenvalue weighted by Crippen LogP contribution is 2.33. The molecule has 1 fully saturated rings. The van der Waals surface area contributed by atoms with Crippen molar-refractivity contribution in [1.29, 1.82) is 0 Å². The van der Waals surface area contributed by atoms with Crippen LogP contribution in [-0.4, -0.2) is 48.7 Å². The maximum absolute atomic E-state index is 12.6. The number of carbonyl (C=O) groups is 2. The molecule has 1 aliphatic rings. The topological polar surface area (TPSA) is 66.8 Å². The third-order valence-corrected chi connectivity index (χ3v) is 5.35. The van der Waals surface area contributed by atoms with Crippen molar-refractivity contribution < 1.29 is 19.4 Å². The summed E-state index contributed by atoms with van der Waals surface area (Å²) in [5.41, 5.74) is 0.250. The van der Waals surface area contributed by atoms with Crippen molar-refractivity contribution in [2.24, 2.45) is 5.41 Å².